The molecule has 14 N–H and O–H groups in total. The fourth-order valence-electron chi connectivity index (χ4n) is 12.3. The second-order valence-electron chi connectivity index (χ2n) is 33.5. The van der Waals surface area contributed by atoms with Crippen molar-refractivity contribution in [1.29, 1.82) is 0 Å². The van der Waals surface area contributed by atoms with Crippen molar-refractivity contribution in [2.75, 3.05) is 75.4 Å². The molecule has 9 amide bonds. The lowest BCUT2D eigenvalue weighted by Crippen LogP contribution is -2.23. The number of hydrogen-bond donors (Lipinski definition) is 11. The van der Waals surface area contributed by atoms with Gasteiger partial charge in [-0.3, -0.25) is 53.3 Å². The predicted molar refractivity (Wildman–Crippen MR) is 537 cm³/mol. The van der Waals surface area contributed by atoms with Crippen molar-refractivity contribution < 1.29 is 110 Å². The van der Waals surface area contributed by atoms with Crippen LogP contribution in [0.1, 0.15) is 237 Å². The van der Waals surface area contributed by atoms with Crippen molar-refractivity contribution in [2.45, 2.75) is 193 Å². The minimum atomic E-state index is -0.627. The van der Waals surface area contributed by atoms with Crippen LogP contribution in [0.15, 0.2) is 189 Å². The molecule has 0 saturated carbocycles. The number of rotatable bonds is 46. The number of amides is 9. The van der Waals surface area contributed by atoms with Gasteiger partial charge < -0.3 is 112 Å². The zero-order chi connectivity index (χ0) is 103. The Morgan fingerprint density at radius 1 is 0.321 bits per heavy atom. The average molecular weight is 1930 g/mol. The zero-order valence-corrected chi connectivity index (χ0v) is 82.0. The SMILES string of the molecule is C=CCOC(=O)c1ccc(NC(=O)c2ccc(NC(=O)c3ccc(NC(=O)CN)c(OC(C)C)c3)c(OC(C)CC)c2)c(OC(C)C)c1.C=CCOC(=O)c1ccc(NC(=O)c2ccc(NC(=O)c3ccc(NC(=O)CN)c(OC(C)C)c3)c(OCC(C)C)c2)c(OC(C)C)c1.CCC(C)Oc1cc(C(N)=O)ccc1NC(=O)c1ccc(NC(=O)c2ccc([N+](=O)[O-])c(OC(C)CC)c2)c(OC(C)C)c1. The van der Waals surface area contributed by atoms with Gasteiger partial charge in [0.05, 0.1) is 130 Å². The molecule has 0 aliphatic carbocycles. The Hall–Kier alpha value is -15.9. The van der Waals surface area contributed by atoms with E-state index in [0.29, 0.717) is 94.4 Å². The van der Waals surface area contributed by atoms with E-state index in [1.54, 1.807) is 93.6 Å². The molecule has 0 saturated heterocycles. The standard InChI is InChI=1S/2C36H44N4O8.C32H38N4O8/c1-8-15-45-36(44)26-11-14-29(32(18-26)48-23(6)7)40-34(42)24-9-12-27(30(16-24)46-20-21(2)3)39-35(43)25-10-13-28(38-33(41)19-37)31(17-25)47-22(4)5;1-8-16-45-36(44)26-12-15-28(31(19-26)47-22(5)6)39-35(43)25-11-14-29(32(18-25)48-23(7)9-2)40-34(42)24-10-13-27(38-33(41)20-37)30(17-24)46-21(3)4;1-7-19(5)43-28-15-21(30(33)37)9-12-25(28)35-31(38)22-10-13-24(27(16-22)42-18(3)4)34-32(39)23-11-14-26(36(40)41)29(17-23)44-20(6)8-2/h8-14,16-18,21-23H,1,15,19-20,37H2,2-7H3,(H,38,41)(H,39,43)(H,40,42);8,10-15,17-19,21-23H,1,9,16,20,37H2,2-7H3,(H,38,41)(H,39,43)(H,40,42);9-20H,7-8H2,1-6H3,(H2,33,37)(H,34,39)(H,35,38). The van der Waals surface area contributed by atoms with Crippen LogP contribution in [0.4, 0.5) is 51.2 Å². The molecular formula is C104H126N12O24. The number of nitrogens with one attached hydrogen (secondary N) is 8. The Kier molecular flexibility index (Phi) is 43.0. The highest BCUT2D eigenvalue weighted by molar-refractivity contribution is 6.12. The molecule has 0 spiro atoms. The van der Waals surface area contributed by atoms with Gasteiger partial charge in [-0.15, -0.1) is 0 Å². The number of ether oxygens (including phenoxy) is 11. The van der Waals surface area contributed by atoms with Crippen LogP contribution in [0, 0.1) is 16.0 Å². The minimum Gasteiger partial charge on any atom is -0.491 e. The second-order valence-corrected chi connectivity index (χ2v) is 33.5. The van der Waals surface area contributed by atoms with Gasteiger partial charge in [-0.1, -0.05) is 59.9 Å². The monoisotopic (exact) mass is 1930 g/mol. The number of primary amides is 1. The first-order valence-electron chi connectivity index (χ1n) is 45.6. The largest absolute Gasteiger partial charge is 0.491 e. The summed E-state index contributed by atoms with van der Waals surface area (Å²) >= 11 is 0. The zero-order valence-electron chi connectivity index (χ0n) is 82.0. The molecule has 746 valence electrons. The molecule has 0 aliphatic rings. The first-order chi connectivity index (χ1) is 66.5. The number of carbonyl (C=O) groups excluding carboxylic acids is 11. The number of nitro benzene ring substituents is 1. The summed E-state index contributed by atoms with van der Waals surface area (Å²) in [6.45, 7) is 40.6. The topological polar surface area (TPSA) is 507 Å². The highest BCUT2D eigenvalue weighted by Gasteiger charge is 2.28. The summed E-state index contributed by atoms with van der Waals surface area (Å²) in [5, 5.41) is 33.8. The summed E-state index contributed by atoms with van der Waals surface area (Å²) in [6.07, 6.45) is 2.99. The molecule has 0 heterocycles. The Balaban J connectivity index is 0.000000286. The van der Waals surface area contributed by atoms with Gasteiger partial charge >= 0.3 is 17.6 Å². The van der Waals surface area contributed by atoms with E-state index < -0.39 is 70.0 Å². The summed E-state index contributed by atoms with van der Waals surface area (Å²) in [5.74, 6) is -2.98. The Bertz CT molecular complexity index is 5930. The van der Waals surface area contributed by atoms with E-state index in [2.05, 4.69) is 55.7 Å². The number of nitro groups is 1. The van der Waals surface area contributed by atoms with Crippen molar-refractivity contribution in [3.05, 3.63) is 249 Å². The lowest BCUT2D eigenvalue weighted by Gasteiger charge is -2.19. The van der Waals surface area contributed by atoms with Crippen LogP contribution in [0.5, 0.6) is 51.7 Å². The molecule has 0 aromatic heterocycles. The van der Waals surface area contributed by atoms with E-state index in [-0.39, 0.29) is 165 Å². The maximum absolute atomic E-state index is 13.5. The summed E-state index contributed by atoms with van der Waals surface area (Å²) in [5.41, 5.74) is 21.0. The number of anilines is 8. The lowest BCUT2D eigenvalue weighted by atomic mass is 10.1. The average Bonchev–Trinajstić information content (AvgIpc) is 0.813. The van der Waals surface area contributed by atoms with Crippen LogP contribution in [-0.2, 0) is 19.1 Å². The molecule has 36 heteroatoms. The number of carbonyl (C=O) groups is 11. The van der Waals surface area contributed by atoms with Crippen molar-refractivity contribution in [3.8, 4) is 51.7 Å². The van der Waals surface area contributed by atoms with Crippen LogP contribution in [0.3, 0.4) is 0 Å². The molecule has 0 fully saturated rings. The van der Waals surface area contributed by atoms with Gasteiger partial charge in [0.15, 0.2) is 5.75 Å². The summed E-state index contributed by atoms with van der Waals surface area (Å²) in [4.78, 5) is 151. The van der Waals surface area contributed by atoms with E-state index in [0.717, 1.165) is 0 Å². The first kappa shape index (κ1) is 111. The fourth-order valence-corrected chi connectivity index (χ4v) is 12.3. The van der Waals surface area contributed by atoms with Gasteiger partial charge in [-0.2, -0.15) is 0 Å². The van der Waals surface area contributed by atoms with E-state index in [1.165, 1.54) is 103 Å². The Labute approximate surface area is 814 Å². The van der Waals surface area contributed by atoms with Crippen molar-refractivity contribution in [1.82, 2.24) is 0 Å². The Morgan fingerprint density at radius 3 is 0.793 bits per heavy atom. The van der Waals surface area contributed by atoms with E-state index in [4.69, 9.17) is 69.3 Å². The molecule has 9 rings (SSSR count). The third kappa shape index (κ3) is 34.4. The number of nitrogens with two attached hydrogens (primary N) is 3. The lowest BCUT2D eigenvalue weighted by molar-refractivity contribution is -0.386. The third-order valence-corrected chi connectivity index (χ3v) is 19.5. The highest BCUT2D eigenvalue weighted by Crippen LogP contribution is 2.39. The number of esters is 2. The normalized spacial score (nSPS) is 11.4. The van der Waals surface area contributed by atoms with Gasteiger partial charge in [0.2, 0.25) is 17.7 Å². The van der Waals surface area contributed by atoms with Gasteiger partial charge in [0.1, 0.15) is 59.2 Å². The molecule has 140 heavy (non-hydrogen) atoms. The van der Waals surface area contributed by atoms with E-state index >= 15 is 0 Å². The summed E-state index contributed by atoms with van der Waals surface area (Å²) in [7, 11) is 0. The quantitative estimate of drug-likeness (QED) is 0.00730. The van der Waals surface area contributed by atoms with Gasteiger partial charge in [0.25, 0.3) is 35.4 Å². The molecule has 0 radical (unpaired) electrons. The molecule has 0 aliphatic heterocycles. The maximum Gasteiger partial charge on any atom is 0.338 e. The van der Waals surface area contributed by atoms with Crippen molar-refractivity contribution >= 4 is 116 Å². The minimum absolute atomic E-state index is 0.0109. The van der Waals surface area contributed by atoms with Crippen LogP contribution >= 0.6 is 0 Å². The number of nitrogens with zero attached hydrogens (tertiary/aromatic N) is 1. The van der Waals surface area contributed by atoms with Crippen LogP contribution in [0.25, 0.3) is 0 Å². The maximum atomic E-state index is 13.5. The highest BCUT2D eigenvalue weighted by atomic mass is 16.6. The molecule has 9 aromatic carbocycles. The molecule has 9 aromatic rings. The first-order valence-corrected chi connectivity index (χ1v) is 45.6. The van der Waals surface area contributed by atoms with E-state index in [9.17, 15) is 62.9 Å². The Morgan fingerprint density at radius 2 is 0.543 bits per heavy atom. The van der Waals surface area contributed by atoms with Crippen LogP contribution in [-0.4, -0.2) is 152 Å². The van der Waals surface area contributed by atoms with Crippen LogP contribution in [0.2, 0.25) is 0 Å². The van der Waals surface area contributed by atoms with E-state index in [1.807, 2.05) is 104 Å². The molecular weight excluding hydrogens is 1800 g/mol. The fraction of sp³-hybridized carbons (Fsp3) is 0.337. The number of hydrogen-bond acceptors (Lipinski definition) is 26. The molecule has 3 unspecified atom stereocenters. The molecule has 36 nitrogen and oxygen atoms in total. The molecule has 0 bridgehead atoms. The summed E-state index contributed by atoms with van der Waals surface area (Å²) in [6, 6.07) is 40.8. The third-order valence-electron chi connectivity index (χ3n) is 19.5. The second kappa shape index (κ2) is 54.2. The van der Waals surface area contributed by atoms with Gasteiger partial charge in [0, 0.05) is 51.1 Å². The van der Waals surface area contributed by atoms with Crippen molar-refractivity contribution in [3.63, 3.8) is 0 Å². The smallest absolute Gasteiger partial charge is 0.338 e. The predicted octanol–water partition coefficient (Wildman–Crippen LogP) is 18.6. The van der Waals surface area contributed by atoms with Gasteiger partial charge in [-0.05, 0) is 267 Å². The summed E-state index contributed by atoms with van der Waals surface area (Å²) < 4.78 is 63.3. The van der Waals surface area contributed by atoms with Crippen molar-refractivity contribution in [2.24, 2.45) is 23.1 Å². The number of benzene rings is 9. The molecule has 3 atom stereocenters. The van der Waals surface area contributed by atoms with Gasteiger partial charge in [-0.25, -0.2) is 9.59 Å². The van der Waals surface area contributed by atoms with Crippen LogP contribution < -0.4 is 102 Å².